The van der Waals surface area contributed by atoms with Gasteiger partial charge in [-0.2, -0.15) is 0 Å². The van der Waals surface area contributed by atoms with Crippen molar-refractivity contribution < 1.29 is 9.53 Å². The van der Waals surface area contributed by atoms with Crippen LogP contribution < -0.4 is 11.1 Å². The number of nitrogens with zero attached hydrogens (tertiary/aromatic N) is 2. The molecule has 6 nitrogen and oxygen atoms in total. The standard InChI is InChI=1S/C17H19ClN4O2/c18-14-9-13(16(19)23)15(12-1-5-20-6-2-12)22-17(14)21-10-11-3-7-24-8-4-11/h1-2,5-6,9,11H,3-4,7-8,10H2,(H2,19,23)(H,21,22). The van der Waals surface area contributed by atoms with E-state index in [2.05, 4.69) is 15.3 Å². The van der Waals surface area contributed by atoms with E-state index in [0.29, 0.717) is 28.0 Å². The van der Waals surface area contributed by atoms with E-state index in [1.54, 1.807) is 30.6 Å². The van der Waals surface area contributed by atoms with E-state index >= 15 is 0 Å². The van der Waals surface area contributed by atoms with Crippen LogP contribution in [0.5, 0.6) is 0 Å². The molecule has 7 heteroatoms. The lowest BCUT2D eigenvalue weighted by molar-refractivity contribution is 0.0699. The van der Waals surface area contributed by atoms with E-state index in [-0.39, 0.29) is 0 Å². The predicted molar refractivity (Wildman–Crippen MR) is 93.0 cm³/mol. The van der Waals surface area contributed by atoms with Crippen molar-refractivity contribution in [2.75, 3.05) is 25.1 Å². The predicted octanol–water partition coefficient (Wildman–Crippen LogP) is 2.73. The molecule has 0 aromatic carbocycles. The van der Waals surface area contributed by atoms with E-state index in [0.717, 1.165) is 38.2 Å². The molecular weight excluding hydrogens is 328 g/mol. The Hall–Kier alpha value is -2.18. The van der Waals surface area contributed by atoms with Crippen LogP contribution in [0.4, 0.5) is 5.82 Å². The normalized spacial score (nSPS) is 15.2. The van der Waals surface area contributed by atoms with Gasteiger partial charge in [-0.05, 0) is 37.0 Å². The number of carbonyl (C=O) groups is 1. The van der Waals surface area contributed by atoms with Gasteiger partial charge in [-0.15, -0.1) is 0 Å². The van der Waals surface area contributed by atoms with Gasteiger partial charge in [0.1, 0.15) is 5.82 Å². The molecule has 0 radical (unpaired) electrons. The maximum absolute atomic E-state index is 11.7. The summed E-state index contributed by atoms with van der Waals surface area (Å²) < 4.78 is 5.37. The molecule has 0 aliphatic carbocycles. The molecule has 3 rings (SSSR count). The molecule has 1 aliphatic heterocycles. The number of nitrogens with one attached hydrogen (secondary N) is 1. The van der Waals surface area contributed by atoms with Crippen molar-refractivity contribution in [2.24, 2.45) is 11.7 Å². The minimum Gasteiger partial charge on any atom is -0.381 e. The molecule has 1 saturated heterocycles. The van der Waals surface area contributed by atoms with Crippen molar-refractivity contribution >= 4 is 23.3 Å². The van der Waals surface area contributed by atoms with Crippen molar-refractivity contribution in [3.63, 3.8) is 0 Å². The molecule has 0 atom stereocenters. The highest BCUT2D eigenvalue weighted by Gasteiger charge is 2.18. The lowest BCUT2D eigenvalue weighted by Crippen LogP contribution is -2.23. The van der Waals surface area contributed by atoms with Crippen LogP contribution in [0.1, 0.15) is 23.2 Å². The molecule has 0 unspecified atom stereocenters. The smallest absolute Gasteiger partial charge is 0.250 e. The van der Waals surface area contributed by atoms with Crippen LogP contribution in [-0.4, -0.2) is 35.6 Å². The van der Waals surface area contributed by atoms with Gasteiger partial charge < -0.3 is 15.8 Å². The fourth-order valence-corrected chi connectivity index (χ4v) is 2.94. The third kappa shape index (κ3) is 3.83. The van der Waals surface area contributed by atoms with Crippen molar-refractivity contribution in [1.82, 2.24) is 9.97 Å². The van der Waals surface area contributed by atoms with Crippen molar-refractivity contribution in [2.45, 2.75) is 12.8 Å². The first-order valence-electron chi connectivity index (χ1n) is 7.87. The van der Waals surface area contributed by atoms with E-state index < -0.39 is 5.91 Å². The van der Waals surface area contributed by atoms with Crippen LogP contribution in [0.2, 0.25) is 5.02 Å². The quantitative estimate of drug-likeness (QED) is 0.868. The fourth-order valence-electron chi connectivity index (χ4n) is 2.72. The molecule has 0 saturated carbocycles. The molecule has 126 valence electrons. The second-order valence-electron chi connectivity index (χ2n) is 5.75. The van der Waals surface area contributed by atoms with Crippen LogP contribution >= 0.6 is 11.6 Å². The van der Waals surface area contributed by atoms with Gasteiger partial charge >= 0.3 is 0 Å². The summed E-state index contributed by atoms with van der Waals surface area (Å²) in [5, 5.41) is 3.68. The molecule has 1 amide bonds. The summed E-state index contributed by atoms with van der Waals surface area (Å²) >= 11 is 6.28. The van der Waals surface area contributed by atoms with Gasteiger partial charge in [-0.1, -0.05) is 11.6 Å². The second-order valence-corrected chi connectivity index (χ2v) is 6.16. The van der Waals surface area contributed by atoms with Crippen LogP contribution in [-0.2, 0) is 4.74 Å². The number of nitrogens with two attached hydrogens (primary N) is 1. The number of hydrogen-bond acceptors (Lipinski definition) is 5. The van der Waals surface area contributed by atoms with Gasteiger partial charge in [-0.25, -0.2) is 4.98 Å². The Morgan fingerprint density at radius 2 is 2.04 bits per heavy atom. The van der Waals surface area contributed by atoms with E-state index in [1.165, 1.54) is 0 Å². The Morgan fingerprint density at radius 3 is 2.71 bits per heavy atom. The van der Waals surface area contributed by atoms with Gasteiger partial charge in [0.15, 0.2) is 0 Å². The van der Waals surface area contributed by atoms with E-state index in [9.17, 15) is 4.79 Å². The van der Waals surface area contributed by atoms with Crippen LogP contribution in [0.15, 0.2) is 30.6 Å². The summed E-state index contributed by atoms with van der Waals surface area (Å²) in [5.41, 5.74) is 7.04. The summed E-state index contributed by atoms with van der Waals surface area (Å²) in [6.07, 6.45) is 5.32. The molecule has 1 aliphatic rings. The Morgan fingerprint density at radius 1 is 1.33 bits per heavy atom. The van der Waals surface area contributed by atoms with Crippen molar-refractivity contribution in [3.8, 4) is 11.3 Å². The Balaban J connectivity index is 1.88. The molecule has 24 heavy (non-hydrogen) atoms. The summed E-state index contributed by atoms with van der Waals surface area (Å²) in [6.45, 7) is 2.34. The first-order valence-corrected chi connectivity index (χ1v) is 8.25. The lowest BCUT2D eigenvalue weighted by atomic mass is 10.0. The van der Waals surface area contributed by atoms with Crippen LogP contribution in [0.3, 0.4) is 0 Å². The average molecular weight is 347 g/mol. The third-order valence-corrected chi connectivity index (χ3v) is 4.38. The van der Waals surface area contributed by atoms with Crippen LogP contribution in [0, 0.1) is 5.92 Å². The maximum Gasteiger partial charge on any atom is 0.250 e. The minimum absolute atomic E-state index is 0.294. The molecule has 3 N–H and O–H groups in total. The molecular formula is C17H19ClN4O2. The van der Waals surface area contributed by atoms with E-state index in [4.69, 9.17) is 22.1 Å². The topological polar surface area (TPSA) is 90.1 Å². The number of carbonyl (C=O) groups excluding carboxylic acids is 1. The summed E-state index contributed by atoms with van der Waals surface area (Å²) in [4.78, 5) is 20.3. The number of pyridine rings is 2. The average Bonchev–Trinajstić information content (AvgIpc) is 2.62. The number of hydrogen-bond donors (Lipinski definition) is 2. The van der Waals surface area contributed by atoms with Gasteiger partial charge in [0.2, 0.25) is 0 Å². The molecule has 2 aromatic heterocycles. The number of rotatable bonds is 5. The SMILES string of the molecule is NC(=O)c1cc(Cl)c(NCC2CCOCC2)nc1-c1ccncc1. The van der Waals surface area contributed by atoms with Gasteiger partial charge in [0.05, 0.1) is 16.3 Å². The second kappa shape index (κ2) is 7.59. The fraction of sp³-hybridized carbons (Fsp3) is 0.353. The lowest BCUT2D eigenvalue weighted by Gasteiger charge is -2.23. The number of anilines is 1. The zero-order valence-corrected chi connectivity index (χ0v) is 13.9. The number of halogens is 1. The Kier molecular flexibility index (Phi) is 5.27. The summed E-state index contributed by atoms with van der Waals surface area (Å²) in [6, 6.07) is 5.13. The highest BCUT2D eigenvalue weighted by Crippen LogP contribution is 2.29. The Bertz CT molecular complexity index is 718. The first-order chi connectivity index (χ1) is 11.6. The zero-order chi connectivity index (χ0) is 16.9. The highest BCUT2D eigenvalue weighted by atomic mass is 35.5. The maximum atomic E-state index is 11.7. The molecule has 1 fully saturated rings. The van der Waals surface area contributed by atoms with Gasteiger partial charge in [-0.3, -0.25) is 9.78 Å². The monoisotopic (exact) mass is 346 g/mol. The Labute approximate surface area is 145 Å². The number of aromatic nitrogens is 2. The largest absolute Gasteiger partial charge is 0.381 e. The first kappa shape index (κ1) is 16.7. The highest BCUT2D eigenvalue weighted by molar-refractivity contribution is 6.33. The van der Waals surface area contributed by atoms with Gasteiger partial charge in [0, 0.05) is 37.7 Å². The van der Waals surface area contributed by atoms with E-state index in [1.807, 2.05) is 0 Å². The number of amides is 1. The molecule has 0 bridgehead atoms. The summed E-state index contributed by atoms with van der Waals surface area (Å²) in [5.74, 6) is 0.518. The van der Waals surface area contributed by atoms with Crippen molar-refractivity contribution in [1.29, 1.82) is 0 Å². The minimum atomic E-state index is -0.563. The summed E-state index contributed by atoms with van der Waals surface area (Å²) in [7, 11) is 0. The van der Waals surface area contributed by atoms with Gasteiger partial charge in [0.25, 0.3) is 5.91 Å². The zero-order valence-electron chi connectivity index (χ0n) is 13.2. The molecule has 2 aromatic rings. The third-order valence-electron chi connectivity index (χ3n) is 4.09. The number of primary amides is 1. The molecule has 0 spiro atoms. The van der Waals surface area contributed by atoms with Crippen molar-refractivity contribution in [3.05, 3.63) is 41.2 Å². The van der Waals surface area contributed by atoms with Crippen LogP contribution in [0.25, 0.3) is 11.3 Å². The molecule has 3 heterocycles. The number of ether oxygens (including phenoxy) is 1.